The molecule has 0 saturated carbocycles. The third-order valence-corrected chi connectivity index (χ3v) is 4.12. The van der Waals surface area contributed by atoms with Crippen LogP contribution in [0, 0.1) is 0 Å². The van der Waals surface area contributed by atoms with E-state index in [0.29, 0.717) is 17.3 Å². The first-order chi connectivity index (χ1) is 10.4. The summed E-state index contributed by atoms with van der Waals surface area (Å²) in [5.74, 6) is 0. The van der Waals surface area contributed by atoms with Crippen molar-refractivity contribution in [2.75, 3.05) is 11.9 Å². The predicted molar refractivity (Wildman–Crippen MR) is 92.2 cm³/mol. The first-order valence-corrected chi connectivity index (χ1v) is 8.62. The number of rotatable bonds is 5. The molecule has 0 fully saturated rings. The summed E-state index contributed by atoms with van der Waals surface area (Å²) in [5, 5.41) is 11.5. The molecule has 22 heavy (non-hydrogen) atoms. The number of hydrogen-bond acceptors (Lipinski definition) is 3. The monoisotopic (exact) mass is 335 g/mol. The minimum absolute atomic E-state index is 0.0459. The Morgan fingerprint density at radius 2 is 1.82 bits per heavy atom. The summed E-state index contributed by atoms with van der Waals surface area (Å²) in [5.41, 5.74) is 1.79. The normalized spacial score (nSPS) is 11.0. The van der Waals surface area contributed by atoms with Crippen molar-refractivity contribution in [1.29, 1.82) is 0 Å². The average molecular weight is 335 g/mol. The molecule has 0 atom stereocenters. The van der Waals surface area contributed by atoms with Crippen molar-refractivity contribution in [3.63, 3.8) is 0 Å². The van der Waals surface area contributed by atoms with E-state index in [1.54, 1.807) is 12.1 Å². The first-order valence-electron chi connectivity index (χ1n) is 6.67. The summed E-state index contributed by atoms with van der Waals surface area (Å²) >= 11 is 5.19. The lowest BCUT2D eigenvalue weighted by atomic mass is 10.1. The van der Waals surface area contributed by atoms with Crippen LogP contribution in [0.1, 0.15) is 5.56 Å². The maximum atomic E-state index is 11.3. The number of benzene rings is 2. The van der Waals surface area contributed by atoms with Gasteiger partial charge in [-0.2, -0.15) is 0 Å². The standard InChI is InChI=1S/C15H17N3O2S2/c16-22(19,20)14-8-4-7-13(11-14)18-15(21)17-10-9-12-5-2-1-3-6-12/h1-8,11H,9-10H2,(H2,16,19,20)(H2,17,18,21). The van der Waals surface area contributed by atoms with Gasteiger partial charge in [-0.3, -0.25) is 0 Å². The van der Waals surface area contributed by atoms with Crippen LogP contribution in [-0.4, -0.2) is 20.1 Å². The Morgan fingerprint density at radius 1 is 1.09 bits per heavy atom. The highest BCUT2D eigenvalue weighted by molar-refractivity contribution is 7.89. The van der Waals surface area contributed by atoms with Gasteiger partial charge in [0.2, 0.25) is 10.0 Å². The fourth-order valence-corrected chi connectivity index (χ4v) is 2.67. The molecule has 0 radical (unpaired) electrons. The van der Waals surface area contributed by atoms with Gasteiger partial charge in [-0.25, -0.2) is 13.6 Å². The average Bonchev–Trinajstić information content (AvgIpc) is 2.48. The van der Waals surface area contributed by atoms with Crippen LogP contribution in [0.15, 0.2) is 59.5 Å². The highest BCUT2D eigenvalue weighted by Gasteiger charge is 2.08. The summed E-state index contributed by atoms with van der Waals surface area (Å²) in [6.45, 7) is 0.685. The Kier molecular flexibility index (Phi) is 5.48. The number of thiocarbonyl (C=S) groups is 1. The van der Waals surface area contributed by atoms with Crippen molar-refractivity contribution in [2.24, 2.45) is 5.14 Å². The van der Waals surface area contributed by atoms with E-state index >= 15 is 0 Å². The Morgan fingerprint density at radius 3 is 2.50 bits per heavy atom. The Bertz CT molecular complexity index is 746. The van der Waals surface area contributed by atoms with Crippen LogP contribution >= 0.6 is 12.2 Å². The van der Waals surface area contributed by atoms with Crippen LogP contribution in [0.25, 0.3) is 0 Å². The predicted octanol–water partition coefficient (Wildman–Crippen LogP) is 1.86. The Hall–Kier alpha value is -1.96. The third kappa shape index (κ3) is 5.10. The lowest BCUT2D eigenvalue weighted by Crippen LogP contribution is -2.30. The van der Waals surface area contributed by atoms with Gasteiger partial charge < -0.3 is 10.6 Å². The first kappa shape index (κ1) is 16.4. The quantitative estimate of drug-likeness (QED) is 0.727. The number of nitrogens with two attached hydrogens (primary N) is 1. The molecule has 7 heteroatoms. The molecule has 0 unspecified atom stereocenters. The van der Waals surface area contributed by atoms with Crippen LogP contribution in [0.5, 0.6) is 0 Å². The molecular formula is C15H17N3O2S2. The molecular weight excluding hydrogens is 318 g/mol. The van der Waals surface area contributed by atoms with Crippen molar-refractivity contribution in [3.05, 3.63) is 60.2 Å². The van der Waals surface area contributed by atoms with Gasteiger partial charge in [0.25, 0.3) is 0 Å². The van der Waals surface area contributed by atoms with E-state index in [2.05, 4.69) is 10.6 Å². The van der Waals surface area contributed by atoms with Crippen LogP contribution in [-0.2, 0) is 16.4 Å². The van der Waals surface area contributed by atoms with Gasteiger partial charge in [0, 0.05) is 12.2 Å². The molecule has 0 spiro atoms. The molecule has 0 aliphatic rings. The lowest BCUT2D eigenvalue weighted by molar-refractivity contribution is 0.598. The molecule has 0 aliphatic carbocycles. The summed E-state index contributed by atoms with van der Waals surface area (Å²) < 4.78 is 22.6. The number of hydrogen-bond donors (Lipinski definition) is 3. The number of nitrogens with one attached hydrogen (secondary N) is 2. The second kappa shape index (κ2) is 7.35. The summed E-state index contributed by atoms with van der Waals surface area (Å²) in [6.07, 6.45) is 0.847. The zero-order valence-corrected chi connectivity index (χ0v) is 13.5. The fraction of sp³-hybridized carbons (Fsp3) is 0.133. The largest absolute Gasteiger partial charge is 0.362 e. The van der Waals surface area contributed by atoms with E-state index in [1.165, 1.54) is 17.7 Å². The van der Waals surface area contributed by atoms with Gasteiger partial charge in [0.15, 0.2) is 5.11 Å². The molecule has 0 aliphatic heterocycles. The summed E-state index contributed by atoms with van der Waals surface area (Å²) in [6, 6.07) is 16.3. The van der Waals surface area contributed by atoms with Crippen molar-refractivity contribution < 1.29 is 8.42 Å². The van der Waals surface area contributed by atoms with Crippen molar-refractivity contribution >= 4 is 33.0 Å². The SMILES string of the molecule is NS(=O)(=O)c1cccc(NC(=S)NCCc2ccccc2)c1. The van der Waals surface area contributed by atoms with Gasteiger partial charge in [0.1, 0.15) is 0 Å². The van der Waals surface area contributed by atoms with Gasteiger partial charge >= 0.3 is 0 Å². The van der Waals surface area contributed by atoms with Gasteiger partial charge in [-0.15, -0.1) is 0 Å². The molecule has 2 aromatic rings. The minimum Gasteiger partial charge on any atom is -0.362 e. The van der Waals surface area contributed by atoms with Crippen LogP contribution in [0.4, 0.5) is 5.69 Å². The molecule has 0 bridgehead atoms. The number of sulfonamides is 1. The molecule has 2 rings (SSSR count). The van der Waals surface area contributed by atoms with E-state index in [9.17, 15) is 8.42 Å². The number of anilines is 1. The molecule has 2 aromatic carbocycles. The van der Waals surface area contributed by atoms with Crippen molar-refractivity contribution in [1.82, 2.24) is 5.32 Å². The molecule has 0 amide bonds. The molecule has 4 N–H and O–H groups in total. The van der Waals surface area contributed by atoms with Crippen LogP contribution in [0.3, 0.4) is 0 Å². The van der Waals surface area contributed by atoms with E-state index in [-0.39, 0.29) is 4.90 Å². The smallest absolute Gasteiger partial charge is 0.238 e. The third-order valence-electron chi connectivity index (χ3n) is 2.96. The topological polar surface area (TPSA) is 84.2 Å². The van der Waals surface area contributed by atoms with Crippen LogP contribution in [0.2, 0.25) is 0 Å². The van der Waals surface area contributed by atoms with Crippen LogP contribution < -0.4 is 15.8 Å². The van der Waals surface area contributed by atoms with Gasteiger partial charge in [-0.05, 0) is 42.4 Å². The van der Waals surface area contributed by atoms with E-state index < -0.39 is 10.0 Å². The van der Waals surface area contributed by atoms with Gasteiger partial charge in [-0.1, -0.05) is 36.4 Å². The molecule has 0 saturated heterocycles. The Labute approximate surface area is 135 Å². The molecule has 0 aromatic heterocycles. The maximum Gasteiger partial charge on any atom is 0.238 e. The van der Waals surface area contributed by atoms with Crippen molar-refractivity contribution in [3.8, 4) is 0 Å². The number of primary sulfonamides is 1. The maximum absolute atomic E-state index is 11.3. The van der Waals surface area contributed by atoms with Crippen molar-refractivity contribution in [2.45, 2.75) is 11.3 Å². The summed E-state index contributed by atoms with van der Waals surface area (Å²) in [4.78, 5) is 0.0459. The molecule has 0 heterocycles. The highest BCUT2D eigenvalue weighted by atomic mass is 32.2. The van der Waals surface area contributed by atoms with E-state index in [1.807, 2.05) is 30.3 Å². The second-order valence-corrected chi connectivity index (χ2v) is 6.66. The lowest BCUT2D eigenvalue weighted by Gasteiger charge is -2.11. The molecule has 116 valence electrons. The summed E-state index contributed by atoms with van der Waals surface area (Å²) in [7, 11) is -3.72. The zero-order valence-electron chi connectivity index (χ0n) is 11.8. The van der Waals surface area contributed by atoms with E-state index in [0.717, 1.165) is 6.42 Å². The minimum atomic E-state index is -3.72. The highest BCUT2D eigenvalue weighted by Crippen LogP contribution is 2.13. The Balaban J connectivity index is 1.87. The zero-order chi connectivity index (χ0) is 16.0. The van der Waals surface area contributed by atoms with Gasteiger partial charge in [0.05, 0.1) is 4.90 Å². The second-order valence-electron chi connectivity index (χ2n) is 4.69. The molecule has 5 nitrogen and oxygen atoms in total. The fourth-order valence-electron chi connectivity index (χ4n) is 1.89. The van der Waals surface area contributed by atoms with E-state index in [4.69, 9.17) is 17.4 Å².